The SMILES string of the molecule is CC(C)CNC(=O)c1ccc2nc(C(C)C)[nH]c2c1. The molecule has 0 bridgehead atoms. The standard InChI is InChI=1S/C15H21N3O/c1-9(2)8-16-15(19)11-5-6-12-13(7-11)18-14(17-12)10(3)4/h5-7,9-10H,8H2,1-4H3,(H,16,19)(H,17,18). The van der Waals surface area contributed by atoms with Gasteiger partial charge < -0.3 is 10.3 Å². The van der Waals surface area contributed by atoms with Gasteiger partial charge in [-0.1, -0.05) is 27.7 Å². The Balaban J connectivity index is 2.23. The zero-order valence-corrected chi connectivity index (χ0v) is 11.9. The van der Waals surface area contributed by atoms with Gasteiger partial charge in [0, 0.05) is 18.0 Å². The number of benzene rings is 1. The Hall–Kier alpha value is -1.84. The van der Waals surface area contributed by atoms with Crippen LogP contribution < -0.4 is 5.32 Å². The highest BCUT2D eigenvalue weighted by atomic mass is 16.1. The van der Waals surface area contributed by atoms with Gasteiger partial charge in [-0.05, 0) is 24.1 Å². The highest BCUT2D eigenvalue weighted by Gasteiger charge is 2.10. The lowest BCUT2D eigenvalue weighted by Gasteiger charge is -2.07. The number of carbonyl (C=O) groups is 1. The second-order valence-electron chi connectivity index (χ2n) is 5.61. The second kappa shape index (κ2) is 5.43. The number of aromatic nitrogens is 2. The molecule has 19 heavy (non-hydrogen) atoms. The smallest absolute Gasteiger partial charge is 0.251 e. The zero-order chi connectivity index (χ0) is 14.0. The van der Waals surface area contributed by atoms with Crippen LogP contribution in [0.5, 0.6) is 0 Å². The van der Waals surface area contributed by atoms with Gasteiger partial charge in [0.1, 0.15) is 5.82 Å². The van der Waals surface area contributed by atoms with E-state index in [9.17, 15) is 4.79 Å². The molecule has 0 saturated heterocycles. The largest absolute Gasteiger partial charge is 0.352 e. The molecule has 0 saturated carbocycles. The number of hydrogen-bond donors (Lipinski definition) is 2. The second-order valence-corrected chi connectivity index (χ2v) is 5.61. The van der Waals surface area contributed by atoms with Gasteiger partial charge in [-0.25, -0.2) is 4.98 Å². The molecule has 0 aliphatic heterocycles. The first-order valence-corrected chi connectivity index (χ1v) is 6.75. The Bertz CT molecular complexity index is 584. The summed E-state index contributed by atoms with van der Waals surface area (Å²) in [6, 6.07) is 5.58. The summed E-state index contributed by atoms with van der Waals surface area (Å²) >= 11 is 0. The minimum atomic E-state index is -0.0312. The molecule has 4 heteroatoms. The van der Waals surface area contributed by atoms with E-state index >= 15 is 0 Å². The first-order valence-electron chi connectivity index (χ1n) is 6.75. The fourth-order valence-corrected chi connectivity index (χ4v) is 1.84. The number of nitrogens with zero attached hydrogens (tertiary/aromatic N) is 1. The summed E-state index contributed by atoms with van der Waals surface area (Å²) in [5.41, 5.74) is 2.50. The van der Waals surface area contributed by atoms with Crippen LogP contribution in [0.1, 0.15) is 49.8 Å². The Morgan fingerprint density at radius 3 is 2.68 bits per heavy atom. The van der Waals surface area contributed by atoms with E-state index in [1.165, 1.54) is 0 Å². The van der Waals surface area contributed by atoms with E-state index in [1.54, 1.807) is 0 Å². The zero-order valence-electron chi connectivity index (χ0n) is 11.9. The van der Waals surface area contributed by atoms with Crippen LogP contribution in [0.2, 0.25) is 0 Å². The van der Waals surface area contributed by atoms with Crippen LogP contribution in [0.25, 0.3) is 11.0 Å². The molecular weight excluding hydrogens is 238 g/mol. The molecule has 0 atom stereocenters. The van der Waals surface area contributed by atoms with Gasteiger partial charge in [0.25, 0.3) is 5.91 Å². The predicted octanol–water partition coefficient (Wildman–Crippen LogP) is 3.07. The first-order chi connectivity index (χ1) is 8.97. The molecule has 2 aromatic rings. The fourth-order valence-electron chi connectivity index (χ4n) is 1.84. The Labute approximate surface area is 113 Å². The first kappa shape index (κ1) is 13.6. The molecule has 0 unspecified atom stereocenters. The lowest BCUT2D eigenvalue weighted by Crippen LogP contribution is -2.27. The quantitative estimate of drug-likeness (QED) is 0.886. The van der Waals surface area contributed by atoms with Crippen LogP contribution in [-0.2, 0) is 0 Å². The molecule has 1 aromatic carbocycles. The Morgan fingerprint density at radius 1 is 1.32 bits per heavy atom. The molecule has 0 aliphatic rings. The number of H-pyrrole nitrogens is 1. The van der Waals surface area contributed by atoms with Crippen molar-refractivity contribution in [2.24, 2.45) is 5.92 Å². The Kier molecular flexibility index (Phi) is 3.88. The summed E-state index contributed by atoms with van der Waals surface area (Å²) in [6.07, 6.45) is 0. The minimum absolute atomic E-state index is 0.0312. The number of nitrogens with one attached hydrogen (secondary N) is 2. The summed E-state index contributed by atoms with van der Waals surface area (Å²) in [4.78, 5) is 19.8. The third kappa shape index (κ3) is 3.13. The normalized spacial score (nSPS) is 11.5. The van der Waals surface area contributed by atoms with E-state index in [0.29, 0.717) is 23.9 Å². The number of hydrogen-bond acceptors (Lipinski definition) is 2. The molecule has 1 aromatic heterocycles. The highest BCUT2D eigenvalue weighted by molar-refractivity contribution is 5.97. The molecule has 4 nitrogen and oxygen atoms in total. The van der Waals surface area contributed by atoms with Crippen molar-refractivity contribution in [2.45, 2.75) is 33.6 Å². The minimum Gasteiger partial charge on any atom is -0.352 e. The average Bonchev–Trinajstić information content (AvgIpc) is 2.78. The molecular formula is C15H21N3O. The molecule has 1 heterocycles. The average molecular weight is 259 g/mol. The van der Waals surface area contributed by atoms with Crippen molar-refractivity contribution in [3.8, 4) is 0 Å². The van der Waals surface area contributed by atoms with Crippen molar-refractivity contribution in [3.05, 3.63) is 29.6 Å². The van der Waals surface area contributed by atoms with Crippen molar-refractivity contribution in [3.63, 3.8) is 0 Å². The molecule has 102 valence electrons. The van der Waals surface area contributed by atoms with E-state index < -0.39 is 0 Å². The van der Waals surface area contributed by atoms with Crippen molar-refractivity contribution in [2.75, 3.05) is 6.54 Å². The summed E-state index contributed by atoms with van der Waals surface area (Å²) in [7, 11) is 0. The van der Waals surface area contributed by atoms with Gasteiger partial charge in [0.2, 0.25) is 0 Å². The van der Waals surface area contributed by atoms with Crippen molar-refractivity contribution >= 4 is 16.9 Å². The number of amides is 1. The third-order valence-electron chi connectivity index (χ3n) is 2.98. The Morgan fingerprint density at radius 2 is 2.05 bits per heavy atom. The van der Waals surface area contributed by atoms with Gasteiger partial charge in [0.15, 0.2) is 0 Å². The van der Waals surface area contributed by atoms with Crippen LogP contribution in [0.15, 0.2) is 18.2 Å². The molecule has 0 spiro atoms. The maximum absolute atomic E-state index is 12.0. The highest BCUT2D eigenvalue weighted by Crippen LogP contribution is 2.18. The van der Waals surface area contributed by atoms with Crippen molar-refractivity contribution in [1.82, 2.24) is 15.3 Å². The van der Waals surface area contributed by atoms with Crippen LogP contribution >= 0.6 is 0 Å². The number of rotatable bonds is 4. The van der Waals surface area contributed by atoms with Gasteiger partial charge in [0.05, 0.1) is 11.0 Å². The van der Waals surface area contributed by atoms with Gasteiger partial charge in [-0.15, -0.1) is 0 Å². The lowest BCUT2D eigenvalue weighted by molar-refractivity contribution is 0.0949. The molecule has 1 amide bonds. The summed E-state index contributed by atoms with van der Waals surface area (Å²) < 4.78 is 0. The molecule has 2 rings (SSSR count). The van der Waals surface area contributed by atoms with Crippen molar-refractivity contribution in [1.29, 1.82) is 0 Å². The maximum Gasteiger partial charge on any atom is 0.251 e. The number of fused-ring (bicyclic) bond motifs is 1. The molecule has 2 N–H and O–H groups in total. The summed E-state index contributed by atoms with van der Waals surface area (Å²) in [6.45, 7) is 9.03. The number of aromatic amines is 1. The van der Waals surface area contributed by atoms with Crippen LogP contribution in [0.4, 0.5) is 0 Å². The van der Waals surface area contributed by atoms with Crippen molar-refractivity contribution < 1.29 is 4.79 Å². The maximum atomic E-state index is 12.0. The van der Waals surface area contributed by atoms with Gasteiger partial charge in [-0.3, -0.25) is 4.79 Å². The topological polar surface area (TPSA) is 57.8 Å². The van der Waals surface area contributed by atoms with E-state index in [4.69, 9.17) is 0 Å². The molecule has 0 fully saturated rings. The predicted molar refractivity (Wildman–Crippen MR) is 77.4 cm³/mol. The van der Waals surface area contributed by atoms with E-state index in [0.717, 1.165) is 16.9 Å². The van der Waals surface area contributed by atoms with Crippen LogP contribution in [0.3, 0.4) is 0 Å². The summed E-state index contributed by atoms with van der Waals surface area (Å²) in [5.74, 6) is 1.73. The van der Waals surface area contributed by atoms with Gasteiger partial charge >= 0.3 is 0 Å². The van der Waals surface area contributed by atoms with Crippen LogP contribution in [-0.4, -0.2) is 22.4 Å². The van der Waals surface area contributed by atoms with E-state index in [2.05, 4.69) is 43.0 Å². The lowest BCUT2D eigenvalue weighted by atomic mass is 10.1. The number of carbonyl (C=O) groups excluding carboxylic acids is 1. The van der Waals surface area contributed by atoms with E-state index in [-0.39, 0.29) is 5.91 Å². The monoisotopic (exact) mass is 259 g/mol. The number of imidazole rings is 1. The molecule has 0 aliphatic carbocycles. The van der Waals surface area contributed by atoms with Crippen LogP contribution in [0, 0.1) is 5.92 Å². The third-order valence-corrected chi connectivity index (χ3v) is 2.98. The summed E-state index contributed by atoms with van der Waals surface area (Å²) in [5, 5.41) is 2.92. The van der Waals surface area contributed by atoms with E-state index in [1.807, 2.05) is 18.2 Å². The molecule has 0 radical (unpaired) electrons. The van der Waals surface area contributed by atoms with Gasteiger partial charge in [-0.2, -0.15) is 0 Å². The fraction of sp³-hybridized carbons (Fsp3) is 0.467.